The number of H-pyrrole nitrogens is 1. The predicted octanol–water partition coefficient (Wildman–Crippen LogP) is 4.96. The topological polar surface area (TPSA) is 111 Å². The quantitative estimate of drug-likeness (QED) is 0.277. The predicted molar refractivity (Wildman–Crippen MR) is 145 cm³/mol. The fraction of sp³-hybridized carbons (Fsp3) is 0.393. The molecule has 0 amide bonds. The molecular formula is C28H32ClN7O2. The van der Waals surface area contributed by atoms with Crippen molar-refractivity contribution in [3.8, 4) is 22.5 Å². The number of tetrazole rings is 1. The number of nitrogens with one attached hydrogen (secondary N) is 2. The molecule has 0 aliphatic carbocycles. The van der Waals surface area contributed by atoms with E-state index in [2.05, 4.69) is 66.7 Å². The molecule has 0 spiro atoms. The van der Waals surface area contributed by atoms with Crippen molar-refractivity contribution in [3.05, 3.63) is 70.8 Å². The summed E-state index contributed by atoms with van der Waals surface area (Å²) in [5, 5.41) is 18.1. The highest BCUT2D eigenvalue weighted by atomic mass is 35.5. The van der Waals surface area contributed by atoms with Crippen LogP contribution in [0.1, 0.15) is 56.1 Å². The SMILES string of the molecule is CCCCc1nc(Cl)c(COC(=O)[C@H]2CCCCN2)n1Cc1ccc(-c2ccccc2-c2nn[nH]n2)cc1. The molecule has 2 N–H and O–H groups in total. The molecular weight excluding hydrogens is 502 g/mol. The summed E-state index contributed by atoms with van der Waals surface area (Å²) in [6.45, 7) is 3.68. The van der Waals surface area contributed by atoms with Crippen LogP contribution in [0.15, 0.2) is 48.5 Å². The van der Waals surface area contributed by atoms with E-state index in [-0.39, 0.29) is 18.6 Å². The highest BCUT2D eigenvalue weighted by Gasteiger charge is 2.24. The number of piperidine rings is 1. The zero-order chi connectivity index (χ0) is 26.3. The standard InChI is InChI=1S/C28H32ClN7O2/c1-2-3-11-25-31-26(29)24(18-38-28(37)23-10-6-7-16-30-23)36(25)17-19-12-14-20(15-13-19)21-8-4-5-9-22(21)27-32-34-35-33-27/h4-5,8-9,12-15,23,30H,2-3,6-7,10-11,16-18H2,1H3,(H,32,33,34,35)/t23-/m1/s1. The van der Waals surface area contributed by atoms with Crippen molar-refractivity contribution in [2.45, 2.75) is 64.6 Å². The van der Waals surface area contributed by atoms with Gasteiger partial charge in [-0.25, -0.2) is 4.98 Å². The molecule has 1 aliphatic heterocycles. The van der Waals surface area contributed by atoms with E-state index in [0.29, 0.717) is 17.5 Å². The average molecular weight is 534 g/mol. The largest absolute Gasteiger partial charge is 0.458 e. The molecule has 0 unspecified atom stereocenters. The Kier molecular flexibility index (Phi) is 8.45. The van der Waals surface area contributed by atoms with Crippen molar-refractivity contribution in [1.29, 1.82) is 0 Å². The molecule has 4 aromatic rings. The molecule has 2 aromatic carbocycles. The van der Waals surface area contributed by atoms with Crippen LogP contribution in [-0.2, 0) is 29.1 Å². The number of halogens is 1. The Morgan fingerprint density at radius 3 is 2.66 bits per heavy atom. The lowest BCUT2D eigenvalue weighted by Crippen LogP contribution is -2.41. The maximum atomic E-state index is 12.6. The smallest absolute Gasteiger partial charge is 0.323 e. The molecule has 9 nitrogen and oxygen atoms in total. The van der Waals surface area contributed by atoms with E-state index in [1.54, 1.807) is 0 Å². The van der Waals surface area contributed by atoms with E-state index in [1.165, 1.54) is 0 Å². The summed E-state index contributed by atoms with van der Waals surface area (Å²) < 4.78 is 7.80. The lowest BCUT2D eigenvalue weighted by molar-refractivity contribution is -0.148. The number of hydrogen-bond acceptors (Lipinski definition) is 7. The molecule has 5 rings (SSSR count). The van der Waals surface area contributed by atoms with Crippen LogP contribution in [0.2, 0.25) is 5.15 Å². The number of aromatic nitrogens is 6. The first-order chi connectivity index (χ1) is 18.6. The van der Waals surface area contributed by atoms with Gasteiger partial charge in [0, 0.05) is 18.5 Å². The highest BCUT2D eigenvalue weighted by Crippen LogP contribution is 2.30. The van der Waals surface area contributed by atoms with Gasteiger partial charge in [0.05, 0.1) is 5.69 Å². The van der Waals surface area contributed by atoms with Crippen LogP contribution in [0.4, 0.5) is 0 Å². The van der Waals surface area contributed by atoms with Crippen LogP contribution in [0.5, 0.6) is 0 Å². The van der Waals surface area contributed by atoms with Crippen LogP contribution in [0, 0.1) is 0 Å². The number of aromatic amines is 1. The van der Waals surface area contributed by atoms with Crippen LogP contribution in [0.3, 0.4) is 0 Å². The minimum atomic E-state index is -0.249. The molecule has 0 bridgehead atoms. The first-order valence-corrected chi connectivity index (χ1v) is 13.6. The number of rotatable bonds is 10. The van der Waals surface area contributed by atoms with E-state index in [0.717, 1.165) is 78.8 Å². The van der Waals surface area contributed by atoms with E-state index in [1.807, 2.05) is 24.3 Å². The van der Waals surface area contributed by atoms with Crippen LogP contribution < -0.4 is 5.32 Å². The number of ether oxygens (including phenoxy) is 1. The third-order valence-corrected chi connectivity index (χ3v) is 7.22. The zero-order valence-corrected chi connectivity index (χ0v) is 22.2. The Hall–Kier alpha value is -3.56. The number of unbranched alkanes of at least 4 members (excludes halogenated alkanes) is 1. The van der Waals surface area contributed by atoms with Gasteiger partial charge in [0.1, 0.15) is 18.5 Å². The number of benzene rings is 2. The summed E-state index contributed by atoms with van der Waals surface area (Å²) in [6, 6.07) is 16.1. The molecule has 1 fully saturated rings. The normalized spacial score (nSPS) is 15.5. The lowest BCUT2D eigenvalue weighted by atomic mass is 9.98. The molecule has 198 valence electrons. The van der Waals surface area contributed by atoms with Crippen LogP contribution in [-0.4, -0.2) is 48.7 Å². The number of nitrogens with zero attached hydrogens (tertiary/aromatic N) is 5. The Morgan fingerprint density at radius 1 is 1.13 bits per heavy atom. The second-order valence-electron chi connectivity index (χ2n) is 9.54. The Balaban J connectivity index is 1.36. The van der Waals surface area contributed by atoms with Gasteiger partial charge in [0.25, 0.3) is 0 Å². The summed E-state index contributed by atoms with van der Waals surface area (Å²) in [4.78, 5) is 17.3. The minimum absolute atomic E-state index is 0.102. The van der Waals surface area contributed by atoms with Gasteiger partial charge >= 0.3 is 5.97 Å². The van der Waals surface area contributed by atoms with Crippen LogP contribution >= 0.6 is 11.6 Å². The monoisotopic (exact) mass is 533 g/mol. The Bertz CT molecular complexity index is 1350. The fourth-order valence-electron chi connectivity index (χ4n) is 4.83. The highest BCUT2D eigenvalue weighted by molar-refractivity contribution is 6.30. The van der Waals surface area contributed by atoms with Gasteiger partial charge in [-0.05, 0) is 47.7 Å². The molecule has 0 radical (unpaired) electrons. The van der Waals surface area contributed by atoms with E-state index in [9.17, 15) is 4.79 Å². The number of imidazole rings is 1. The van der Waals surface area contributed by atoms with E-state index < -0.39 is 0 Å². The van der Waals surface area contributed by atoms with Gasteiger partial charge < -0.3 is 14.6 Å². The van der Waals surface area contributed by atoms with Gasteiger partial charge in [0.2, 0.25) is 5.82 Å². The van der Waals surface area contributed by atoms with E-state index in [4.69, 9.17) is 16.3 Å². The van der Waals surface area contributed by atoms with E-state index >= 15 is 0 Å². The second-order valence-corrected chi connectivity index (χ2v) is 9.90. The van der Waals surface area contributed by atoms with Gasteiger partial charge in [-0.1, -0.05) is 79.9 Å². The summed E-state index contributed by atoms with van der Waals surface area (Å²) in [6.07, 6.45) is 5.79. The molecule has 1 atom stereocenters. The Morgan fingerprint density at radius 2 is 1.95 bits per heavy atom. The third kappa shape index (κ3) is 5.95. The molecule has 1 aliphatic rings. The number of aryl methyl sites for hydroxylation is 1. The fourth-order valence-corrected chi connectivity index (χ4v) is 5.08. The number of carbonyl (C=O) groups is 1. The molecule has 0 saturated carbocycles. The van der Waals surface area contributed by atoms with Crippen molar-refractivity contribution in [2.24, 2.45) is 0 Å². The van der Waals surface area contributed by atoms with Gasteiger partial charge in [-0.15, -0.1) is 10.2 Å². The number of carbonyl (C=O) groups excluding carboxylic acids is 1. The summed E-state index contributed by atoms with van der Waals surface area (Å²) in [5.74, 6) is 1.24. The minimum Gasteiger partial charge on any atom is -0.458 e. The van der Waals surface area contributed by atoms with Crippen molar-refractivity contribution in [3.63, 3.8) is 0 Å². The maximum Gasteiger partial charge on any atom is 0.323 e. The number of esters is 1. The third-order valence-electron chi connectivity index (χ3n) is 6.92. The zero-order valence-electron chi connectivity index (χ0n) is 21.5. The van der Waals surface area contributed by atoms with Crippen molar-refractivity contribution in [2.75, 3.05) is 6.54 Å². The average Bonchev–Trinajstić information content (AvgIpc) is 3.60. The molecule has 38 heavy (non-hydrogen) atoms. The summed E-state index contributed by atoms with van der Waals surface area (Å²) in [5.41, 5.74) is 4.82. The maximum absolute atomic E-state index is 12.6. The van der Waals surface area contributed by atoms with Crippen molar-refractivity contribution < 1.29 is 9.53 Å². The summed E-state index contributed by atoms with van der Waals surface area (Å²) >= 11 is 6.58. The molecule has 10 heteroatoms. The van der Waals surface area contributed by atoms with Crippen LogP contribution in [0.25, 0.3) is 22.5 Å². The Labute approximate surface area is 227 Å². The first kappa shape index (κ1) is 26.1. The van der Waals surface area contributed by atoms with Crippen molar-refractivity contribution >= 4 is 17.6 Å². The van der Waals surface area contributed by atoms with Gasteiger partial charge in [-0.2, -0.15) is 5.21 Å². The molecule has 1 saturated heterocycles. The number of hydrogen-bond donors (Lipinski definition) is 2. The van der Waals surface area contributed by atoms with Crippen molar-refractivity contribution in [1.82, 2.24) is 35.5 Å². The molecule has 2 aromatic heterocycles. The van der Waals surface area contributed by atoms with Gasteiger partial charge in [0.15, 0.2) is 5.15 Å². The summed E-state index contributed by atoms with van der Waals surface area (Å²) in [7, 11) is 0. The first-order valence-electron chi connectivity index (χ1n) is 13.2. The second kappa shape index (κ2) is 12.3. The molecule has 3 heterocycles. The van der Waals surface area contributed by atoms with Gasteiger partial charge in [-0.3, -0.25) is 4.79 Å². The lowest BCUT2D eigenvalue weighted by Gasteiger charge is -2.22.